The number of carbonyl (C=O) groups is 1. The molecule has 0 aliphatic carbocycles. The zero-order valence-electron chi connectivity index (χ0n) is 20.1. The maximum atomic E-state index is 15.1. The average Bonchev–Trinajstić information content (AvgIpc) is 3.26. The van der Waals surface area contributed by atoms with E-state index in [1.165, 1.54) is 0 Å². The van der Waals surface area contributed by atoms with Crippen LogP contribution in [0.2, 0.25) is 0 Å². The largest absolute Gasteiger partial charge is 0.506 e. The van der Waals surface area contributed by atoms with Crippen LogP contribution in [0.3, 0.4) is 0 Å². The van der Waals surface area contributed by atoms with Crippen LogP contribution in [0.5, 0.6) is 17.2 Å². The number of pyridine rings is 1. The Morgan fingerprint density at radius 3 is 2.60 bits per heavy atom. The van der Waals surface area contributed by atoms with E-state index in [1.54, 1.807) is 25.1 Å². The third kappa shape index (κ3) is 5.11. The second-order valence-corrected chi connectivity index (χ2v) is 8.40. The maximum Gasteiger partial charge on any atom is 0.340 e. The van der Waals surface area contributed by atoms with Crippen LogP contribution in [0.25, 0.3) is 11.3 Å². The van der Waals surface area contributed by atoms with Gasteiger partial charge in [0.2, 0.25) is 0 Å². The van der Waals surface area contributed by atoms with Crippen LogP contribution in [0, 0.1) is 26.6 Å². The summed E-state index contributed by atoms with van der Waals surface area (Å²) in [6.07, 6.45) is 0.418. The van der Waals surface area contributed by atoms with Gasteiger partial charge in [0.1, 0.15) is 29.5 Å². The SMILES string of the molecule is CCOc1cccc(-c2nc(Cc3c(C)cc(OCC4=NOC(=O)C4)c(F)c3C)ccc2O)c1C. The summed E-state index contributed by atoms with van der Waals surface area (Å²) in [6, 6.07) is 10.6. The molecule has 1 N–H and O–H groups in total. The van der Waals surface area contributed by atoms with Gasteiger partial charge in [0.05, 0.1) is 13.0 Å². The summed E-state index contributed by atoms with van der Waals surface area (Å²) in [5.74, 6) is -0.0387. The lowest BCUT2D eigenvalue weighted by Gasteiger charge is -2.16. The van der Waals surface area contributed by atoms with Crippen molar-refractivity contribution in [2.45, 2.75) is 40.5 Å². The summed E-state index contributed by atoms with van der Waals surface area (Å²) in [5.41, 5.74) is 5.29. The van der Waals surface area contributed by atoms with Crippen molar-refractivity contribution in [3.63, 3.8) is 0 Å². The van der Waals surface area contributed by atoms with Crippen LogP contribution >= 0.6 is 0 Å². The number of hydrogen-bond acceptors (Lipinski definition) is 7. The van der Waals surface area contributed by atoms with E-state index in [4.69, 9.17) is 14.5 Å². The van der Waals surface area contributed by atoms with E-state index in [0.717, 1.165) is 28.0 Å². The van der Waals surface area contributed by atoms with Gasteiger partial charge in [-0.2, -0.15) is 0 Å². The molecule has 2 aromatic carbocycles. The Morgan fingerprint density at radius 2 is 1.89 bits per heavy atom. The summed E-state index contributed by atoms with van der Waals surface area (Å²) >= 11 is 0. The molecule has 0 amide bonds. The molecule has 8 heteroatoms. The Bertz CT molecular complexity index is 1320. The van der Waals surface area contributed by atoms with Crippen LogP contribution < -0.4 is 9.47 Å². The normalized spacial score (nSPS) is 12.9. The second kappa shape index (κ2) is 10.1. The highest BCUT2D eigenvalue weighted by Crippen LogP contribution is 2.35. The molecule has 0 unspecified atom stereocenters. The van der Waals surface area contributed by atoms with E-state index in [-0.39, 0.29) is 24.5 Å². The van der Waals surface area contributed by atoms with Crippen molar-refractivity contribution in [1.82, 2.24) is 4.98 Å². The Morgan fingerprint density at radius 1 is 1.09 bits per heavy atom. The number of rotatable bonds is 8. The summed E-state index contributed by atoms with van der Waals surface area (Å²) in [5, 5.41) is 14.2. The van der Waals surface area contributed by atoms with Crippen LogP contribution in [0.15, 0.2) is 41.6 Å². The van der Waals surface area contributed by atoms with Crippen LogP contribution in [0.1, 0.15) is 41.3 Å². The highest BCUT2D eigenvalue weighted by atomic mass is 19.1. The number of aryl methyl sites for hydroxylation is 1. The Labute approximate surface area is 203 Å². The number of nitrogens with zero attached hydrogens (tertiary/aromatic N) is 2. The monoisotopic (exact) mass is 478 g/mol. The van der Waals surface area contributed by atoms with E-state index >= 15 is 4.39 Å². The first-order valence-electron chi connectivity index (χ1n) is 11.4. The van der Waals surface area contributed by atoms with Crippen molar-refractivity contribution in [1.29, 1.82) is 0 Å². The minimum absolute atomic E-state index is 0.0239. The number of hydrogen-bond donors (Lipinski definition) is 1. The van der Waals surface area contributed by atoms with Gasteiger partial charge in [-0.05, 0) is 68.7 Å². The van der Waals surface area contributed by atoms with Crippen LogP contribution in [0.4, 0.5) is 4.39 Å². The number of carbonyl (C=O) groups excluding carboxylic acids is 1. The van der Waals surface area contributed by atoms with E-state index in [0.29, 0.717) is 35.7 Å². The number of ether oxygens (including phenoxy) is 2. The van der Waals surface area contributed by atoms with Gasteiger partial charge in [0, 0.05) is 23.2 Å². The fraction of sp³-hybridized carbons (Fsp3) is 0.296. The molecule has 0 saturated heterocycles. The number of halogens is 1. The molecule has 1 aliphatic heterocycles. The second-order valence-electron chi connectivity index (χ2n) is 8.40. The van der Waals surface area contributed by atoms with Gasteiger partial charge in [-0.15, -0.1) is 0 Å². The average molecular weight is 479 g/mol. The van der Waals surface area contributed by atoms with Crippen LogP contribution in [-0.4, -0.2) is 35.0 Å². The number of benzene rings is 2. The first kappa shape index (κ1) is 24.2. The van der Waals surface area contributed by atoms with Gasteiger partial charge >= 0.3 is 5.97 Å². The molecule has 7 nitrogen and oxygen atoms in total. The van der Waals surface area contributed by atoms with E-state index in [9.17, 15) is 9.90 Å². The molecular weight excluding hydrogens is 451 g/mol. The van der Waals surface area contributed by atoms with Gasteiger partial charge in [-0.3, -0.25) is 0 Å². The van der Waals surface area contributed by atoms with Crippen molar-refractivity contribution in [3.05, 3.63) is 70.2 Å². The molecule has 0 radical (unpaired) electrons. The minimum Gasteiger partial charge on any atom is -0.506 e. The zero-order valence-corrected chi connectivity index (χ0v) is 20.1. The lowest BCUT2D eigenvalue weighted by atomic mass is 9.96. The molecule has 0 fully saturated rings. The first-order chi connectivity index (χ1) is 16.8. The minimum atomic E-state index is -0.476. The quantitative estimate of drug-likeness (QED) is 0.448. The Hall–Kier alpha value is -3.94. The molecular formula is C27H27FN2O5. The fourth-order valence-corrected chi connectivity index (χ4v) is 4.08. The number of aromatic hydroxyl groups is 1. The topological polar surface area (TPSA) is 90.2 Å². The first-order valence-corrected chi connectivity index (χ1v) is 11.4. The molecule has 2 heterocycles. The maximum absolute atomic E-state index is 15.1. The lowest BCUT2D eigenvalue weighted by molar-refractivity contribution is -0.140. The molecule has 0 atom stereocenters. The van der Waals surface area contributed by atoms with Crippen molar-refractivity contribution in [2.24, 2.45) is 5.16 Å². The smallest absolute Gasteiger partial charge is 0.340 e. The van der Waals surface area contributed by atoms with Crippen molar-refractivity contribution in [3.8, 4) is 28.5 Å². The van der Waals surface area contributed by atoms with Gasteiger partial charge in [0.15, 0.2) is 11.6 Å². The third-order valence-electron chi connectivity index (χ3n) is 5.97. The molecule has 35 heavy (non-hydrogen) atoms. The molecule has 1 aliphatic rings. The third-order valence-corrected chi connectivity index (χ3v) is 5.97. The van der Waals surface area contributed by atoms with E-state index in [2.05, 4.69) is 9.99 Å². The lowest BCUT2D eigenvalue weighted by Crippen LogP contribution is -2.12. The van der Waals surface area contributed by atoms with Crippen molar-refractivity contribution < 1.29 is 28.6 Å². The number of oxime groups is 1. The fourth-order valence-electron chi connectivity index (χ4n) is 4.08. The van der Waals surface area contributed by atoms with Gasteiger partial charge in [-0.1, -0.05) is 17.3 Å². The van der Waals surface area contributed by atoms with Crippen LogP contribution in [-0.2, 0) is 16.1 Å². The Kier molecular flexibility index (Phi) is 7.00. The van der Waals surface area contributed by atoms with Crippen molar-refractivity contribution in [2.75, 3.05) is 13.2 Å². The highest BCUT2D eigenvalue weighted by Gasteiger charge is 2.21. The predicted octanol–water partition coefficient (Wildman–Crippen LogP) is 5.19. The van der Waals surface area contributed by atoms with Gasteiger partial charge in [0.25, 0.3) is 0 Å². The zero-order chi connectivity index (χ0) is 25.1. The molecule has 0 spiro atoms. The van der Waals surface area contributed by atoms with E-state index in [1.807, 2.05) is 39.0 Å². The van der Waals surface area contributed by atoms with Crippen molar-refractivity contribution >= 4 is 11.7 Å². The van der Waals surface area contributed by atoms with Gasteiger partial charge in [-0.25, -0.2) is 14.2 Å². The molecule has 182 valence electrons. The number of aromatic nitrogens is 1. The highest BCUT2D eigenvalue weighted by molar-refractivity contribution is 6.02. The molecule has 0 saturated carbocycles. The predicted molar refractivity (Wildman–Crippen MR) is 130 cm³/mol. The summed E-state index contributed by atoms with van der Waals surface area (Å²) < 4.78 is 26.4. The standard InChI is InChI=1S/C27H27FN2O5/c1-5-33-23-8-6-7-20(16(23)3)27-22(31)10-9-18(29-27)12-21-15(2)11-24(26(28)17(21)4)34-14-19-13-25(32)35-30-19/h6-11,31H,5,12-14H2,1-4H3. The van der Waals surface area contributed by atoms with Gasteiger partial charge < -0.3 is 19.4 Å². The summed E-state index contributed by atoms with van der Waals surface area (Å²) in [7, 11) is 0. The summed E-state index contributed by atoms with van der Waals surface area (Å²) in [4.78, 5) is 20.4. The molecule has 3 aromatic rings. The molecule has 4 rings (SSSR count). The summed E-state index contributed by atoms with van der Waals surface area (Å²) in [6.45, 7) is 7.93. The molecule has 1 aromatic heterocycles. The Balaban J connectivity index is 1.61. The molecule has 0 bridgehead atoms. The van der Waals surface area contributed by atoms with E-state index < -0.39 is 11.8 Å².